The minimum absolute atomic E-state index is 0.314. The maximum absolute atomic E-state index is 14.0. The molecule has 0 heterocycles. The second-order valence-corrected chi connectivity index (χ2v) is 5.71. The molecule has 0 aliphatic rings. The fraction of sp³-hybridized carbons (Fsp3) is 0.417. The maximum Gasteiger partial charge on any atom is 0.462 e. The molecule has 1 aromatic rings. The smallest absolute Gasteiger partial charge is 0.319 e. The van der Waals surface area contributed by atoms with Crippen molar-refractivity contribution in [1.82, 2.24) is 0 Å². The topological polar surface area (TPSA) is 38.3 Å². The minimum Gasteiger partial charge on any atom is -0.319 e. The van der Waals surface area contributed by atoms with Crippen molar-refractivity contribution in [2.24, 2.45) is 0 Å². The van der Waals surface area contributed by atoms with Crippen LogP contribution in [0.5, 0.6) is 0 Å². The van der Waals surface area contributed by atoms with Crippen LogP contribution < -0.4 is 5.32 Å². The molecular formula is C12H4Cl2F11NO2. The molecule has 16 heteroatoms. The lowest BCUT2D eigenvalue weighted by molar-refractivity contribution is -0.472. The van der Waals surface area contributed by atoms with Crippen molar-refractivity contribution in [3.05, 3.63) is 28.2 Å². The molecule has 0 aliphatic carbocycles. The Kier molecular flexibility index (Phi) is 6.45. The van der Waals surface area contributed by atoms with E-state index in [0.717, 1.165) is 17.4 Å². The molecule has 1 N–H and O–H groups in total. The van der Waals surface area contributed by atoms with Crippen molar-refractivity contribution in [1.29, 1.82) is 0 Å². The summed E-state index contributed by atoms with van der Waals surface area (Å²) in [4.78, 5) is 11.5. The quantitative estimate of drug-likeness (QED) is 0.535. The molecule has 3 nitrogen and oxygen atoms in total. The number of halogens is 13. The lowest BCUT2D eigenvalue weighted by Crippen LogP contribution is -2.62. The average Bonchev–Trinajstić information content (AvgIpc) is 2.47. The van der Waals surface area contributed by atoms with Crippen LogP contribution in [0, 0.1) is 0 Å². The van der Waals surface area contributed by atoms with Crippen LogP contribution in [0.4, 0.5) is 54.0 Å². The molecule has 0 radical (unpaired) electrons. The van der Waals surface area contributed by atoms with Crippen LogP contribution in [-0.4, -0.2) is 36.1 Å². The molecule has 0 unspecified atom stereocenters. The average molecular weight is 474 g/mol. The summed E-state index contributed by atoms with van der Waals surface area (Å²) in [5.41, 5.74) is -0.917. The van der Waals surface area contributed by atoms with E-state index in [4.69, 9.17) is 23.2 Å². The number of carbonyl (C=O) groups is 1. The lowest BCUT2D eigenvalue weighted by Gasteiger charge is -2.34. The number of hydrogen-bond donors (Lipinski definition) is 1. The van der Waals surface area contributed by atoms with Gasteiger partial charge in [0.1, 0.15) is 0 Å². The molecular weight excluding hydrogens is 470 g/mol. The van der Waals surface area contributed by atoms with Gasteiger partial charge in [0.2, 0.25) is 0 Å². The van der Waals surface area contributed by atoms with E-state index in [1.807, 2.05) is 0 Å². The first kappa shape index (κ1) is 24.5. The zero-order chi connectivity index (χ0) is 22.3. The summed E-state index contributed by atoms with van der Waals surface area (Å²) in [5, 5.41) is 0.0462. The first-order valence-electron chi connectivity index (χ1n) is 6.31. The second kappa shape index (κ2) is 7.37. The van der Waals surface area contributed by atoms with Crippen LogP contribution in [-0.2, 0) is 9.53 Å². The summed E-state index contributed by atoms with van der Waals surface area (Å²) < 4.78 is 142. The summed E-state index contributed by atoms with van der Waals surface area (Å²) in [5.74, 6) is -16.8. The Labute approximate surface area is 157 Å². The molecule has 1 amide bonds. The van der Waals surface area contributed by atoms with E-state index >= 15 is 0 Å². The highest BCUT2D eigenvalue weighted by Crippen LogP contribution is 2.51. The molecule has 0 aromatic heterocycles. The number of amides is 1. The first-order valence-corrected chi connectivity index (χ1v) is 7.06. The van der Waals surface area contributed by atoms with E-state index in [1.165, 1.54) is 0 Å². The summed E-state index contributed by atoms with van der Waals surface area (Å²) in [6.07, 6.45) is -21.1. The maximum atomic E-state index is 14.0. The summed E-state index contributed by atoms with van der Waals surface area (Å²) in [7, 11) is 0. The van der Waals surface area contributed by atoms with Gasteiger partial charge < -0.3 is 5.32 Å². The Balaban J connectivity index is 3.36. The third-order valence-electron chi connectivity index (χ3n) is 2.82. The molecule has 0 saturated heterocycles. The second-order valence-electron chi connectivity index (χ2n) is 4.86. The van der Waals surface area contributed by atoms with Gasteiger partial charge in [-0.2, -0.15) is 48.3 Å². The first-order chi connectivity index (χ1) is 12.3. The van der Waals surface area contributed by atoms with E-state index < -0.39 is 46.9 Å². The number of ether oxygens (including phenoxy) is 1. The fourth-order valence-corrected chi connectivity index (χ4v) is 1.77. The number of carbonyl (C=O) groups excluding carboxylic acids is 1. The molecule has 1 atom stereocenters. The number of nitrogens with one attached hydrogen (secondary N) is 1. The highest BCUT2D eigenvalue weighted by molar-refractivity contribution is 6.35. The Morgan fingerprint density at radius 2 is 1.36 bits per heavy atom. The van der Waals surface area contributed by atoms with Gasteiger partial charge in [0.25, 0.3) is 5.91 Å². The third-order valence-corrected chi connectivity index (χ3v) is 3.39. The Bertz CT molecular complexity index is 750. The highest BCUT2D eigenvalue weighted by Gasteiger charge is 2.79. The van der Waals surface area contributed by atoms with E-state index in [2.05, 4.69) is 4.74 Å². The van der Waals surface area contributed by atoms with Crippen LogP contribution in [0.1, 0.15) is 0 Å². The number of rotatable bonds is 5. The summed E-state index contributed by atoms with van der Waals surface area (Å²) >= 11 is 10.9. The van der Waals surface area contributed by atoms with Gasteiger partial charge in [0.15, 0.2) is 0 Å². The minimum atomic E-state index is -7.28. The van der Waals surface area contributed by atoms with Gasteiger partial charge in [-0.05, 0) is 18.2 Å². The highest BCUT2D eigenvalue weighted by atomic mass is 35.5. The third kappa shape index (κ3) is 4.54. The van der Waals surface area contributed by atoms with E-state index in [0.29, 0.717) is 6.07 Å². The molecule has 1 rings (SSSR count). The zero-order valence-corrected chi connectivity index (χ0v) is 14.0. The van der Waals surface area contributed by atoms with Gasteiger partial charge >= 0.3 is 30.2 Å². The SMILES string of the molecule is O=C(Nc1cc(Cl)ccc1Cl)[C@](F)(OC(F)(F)C(F)(F)C(F)(F)F)C(F)(F)F. The lowest BCUT2D eigenvalue weighted by atomic mass is 10.2. The normalized spacial score (nSPS) is 15.9. The van der Waals surface area contributed by atoms with Crippen molar-refractivity contribution in [3.8, 4) is 0 Å². The van der Waals surface area contributed by atoms with Crippen LogP contribution in [0.3, 0.4) is 0 Å². The molecule has 0 bridgehead atoms. The number of hydrogen-bond acceptors (Lipinski definition) is 2. The van der Waals surface area contributed by atoms with Crippen molar-refractivity contribution in [2.75, 3.05) is 5.32 Å². The van der Waals surface area contributed by atoms with E-state index in [-0.39, 0.29) is 5.02 Å². The number of anilines is 1. The van der Waals surface area contributed by atoms with Gasteiger partial charge in [-0.3, -0.25) is 9.53 Å². The predicted octanol–water partition coefficient (Wildman–Crippen LogP) is 5.97. The molecule has 1 aromatic carbocycles. The predicted molar refractivity (Wildman–Crippen MR) is 72.0 cm³/mol. The van der Waals surface area contributed by atoms with Crippen LogP contribution >= 0.6 is 23.2 Å². The van der Waals surface area contributed by atoms with E-state index in [1.54, 1.807) is 0 Å². The van der Waals surface area contributed by atoms with Crippen LogP contribution in [0.25, 0.3) is 0 Å². The van der Waals surface area contributed by atoms with Gasteiger partial charge in [0.05, 0.1) is 10.7 Å². The molecule has 0 saturated carbocycles. The van der Waals surface area contributed by atoms with E-state index in [9.17, 15) is 53.1 Å². The monoisotopic (exact) mass is 473 g/mol. The number of benzene rings is 1. The van der Waals surface area contributed by atoms with Crippen molar-refractivity contribution < 1.29 is 57.8 Å². The number of alkyl halides is 11. The van der Waals surface area contributed by atoms with Crippen LogP contribution in [0.2, 0.25) is 10.0 Å². The molecule has 160 valence electrons. The Morgan fingerprint density at radius 3 is 1.79 bits per heavy atom. The Hall–Kier alpha value is -1.54. The van der Waals surface area contributed by atoms with Gasteiger partial charge in [-0.1, -0.05) is 23.2 Å². The fourth-order valence-electron chi connectivity index (χ4n) is 1.43. The molecule has 28 heavy (non-hydrogen) atoms. The largest absolute Gasteiger partial charge is 0.462 e. The van der Waals surface area contributed by atoms with Gasteiger partial charge in [0, 0.05) is 5.02 Å². The molecule has 0 fully saturated rings. The van der Waals surface area contributed by atoms with Gasteiger partial charge in [-0.25, -0.2) is 0 Å². The van der Waals surface area contributed by atoms with Crippen molar-refractivity contribution in [2.45, 2.75) is 30.2 Å². The van der Waals surface area contributed by atoms with Gasteiger partial charge in [-0.15, -0.1) is 0 Å². The summed E-state index contributed by atoms with van der Waals surface area (Å²) in [6, 6.07) is 2.47. The van der Waals surface area contributed by atoms with Crippen molar-refractivity contribution in [3.63, 3.8) is 0 Å². The van der Waals surface area contributed by atoms with Crippen molar-refractivity contribution >= 4 is 34.8 Å². The molecule has 0 aliphatic heterocycles. The molecule has 0 spiro atoms. The standard InChI is InChI=1S/C12H4Cl2F11NO2/c13-4-1-2-5(14)6(3-4)26-7(27)8(15,10(18,19)20)28-12(24,25)9(16,17)11(21,22)23/h1-3H,(H,26,27)/t8-/m0/s1. The van der Waals surface area contributed by atoms with Crippen LogP contribution in [0.15, 0.2) is 18.2 Å². The zero-order valence-electron chi connectivity index (χ0n) is 12.5. The Morgan fingerprint density at radius 1 is 0.857 bits per heavy atom. The summed E-state index contributed by atoms with van der Waals surface area (Å²) in [6.45, 7) is 0.